The number of guanidine groups is 1. The van der Waals surface area contributed by atoms with Gasteiger partial charge in [-0.1, -0.05) is 36.4 Å². The Balaban J connectivity index is 0.00000364. The maximum absolute atomic E-state index is 13.7. The molecule has 27 heavy (non-hydrogen) atoms. The number of nitrogens with one attached hydrogen (secondary N) is 2. The van der Waals surface area contributed by atoms with Crippen molar-refractivity contribution in [3.63, 3.8) is 0 Å². The summed E-state index contributed by atoms with van der Waals surface area (Å²) < 4.78 is 13.7. The van der Waals surface area contributed by atoms with E-state index in [0.717, 1.165) is 24.6 Å². The van der Waals surface area contributed by atoms with Crippen LogP contribution in [0.2, 0.25) is 0 Å². The van der Waals surface area contributed by atoms with Gasteiger partial charge in [-0.2, -0.15) is 0 Å². The zero-order valence-corrected chi connectivity index (χ0v) is 18.9. The quantitative estimate of drug-likeness (QED) is 0.354. The first-order valence-electron chi connectivity index (χ1n) is 8.97. The Morgan fingerprint density at radius 2 is 1.78 bits per heavy atom. The first kappa shape index (κ1) is 23.4. The van der Waals surface area contributed by atoms with Crippen LogP contribution in [0.1, 0.15) is 29.2 Å². The molecule has 148 valence electrons. The lowest BCUT2D eigenvalue weighted by atomic mass is 10.1. The fourth-order valence-electron chi connectivity index (χ4n) is 2.64. The van der Waals surface area contributed by atoms with E-state index >= 15 is 0 Å². The second-order valence-corrected chi connectivity index (χ2v) is 6.69. The molecule has 2 rings (SSSR count). The molecule has 0 aliphatic rings. The van der Waals surface area contributed by atoms with Crippen molar-refractivity contribution in [3.8, 4) is 0 Å². The van der Waals surface area contributed by atoms with Crippen molar-refractivity contribution in [3.05, 3.63) is 70.5 Å². The highest BCUT2D eigenvalue weighted by Crippen LogP contribution is 2.10. The maximum Gasteiger partial charge on any atom is 0.191 e. The van der Waals surface area contributed by atoms with E-state index in [0.29, 0.717) is 18.7 Å². The molecule has 0 spiro atoms. The molecule has 0 saturated heterocycles. The van der Waals surface area contributed by atoms with Crippen molar-refractivity contribution in [2.24, 2.45) is 4.99 Å². The Morgan fingerprint density at radius 3 is 2.44 bits per heavy atom. The van der Waals surface area contributed by atoms with E-state index in [4.69, 9.17) is 0 Å². The van der Waals surface area contributed by atoms with Gasteiger partial charge in [0.2, 0.25) is 0 Å². The highest BCUT2D eigenvalue weighted by atomic mass is 127. The normalized spacial score (nSPS) is 11.3. The van der Waals surface area contributed by atoms with Gasteiger partial charge in [-0.15, -0.1) is 24.0 Å². The molecule has 0 aliphatic heterocycles. The second kappa shape index (κ2) is 11.9. The summed E-state index contributed by atoms with van der Waals surface area (Å²) in [5.74, 6) is 0.551. The molecular formula is C21H30FIN4. The lowest BCUT2D eigenvalue weighted by Gasteiger charge is -2.13. The standard InChI is InChI=1S/C21H29FN4.HI/c1-5-23-21(25-14-18-10-9-16(2)20(22)12-18)24-13-17-7-6-8-19(11-17)15-26(3)4;/h6-12H,5,13-15H2,1-4H3,(H2,23,24,25);1H. The van der Waals surface area contributed by atoms with Crippen molar-refractivity contribution in [2.45, 2.75) is 33.5 Å². The molecule has 6 heteroatoms. The number of benzene rings is 2. The van der Waals surface area contributed by atoms with Crippen LogP contribution < -0.4 is 10.6 Å². The summed E-state index contributed by atoms with van der Waals surface area (Å²) in [7, 11) is 4.12. The smallest absolute Gasteiger partial charge is 0.191 e. The monoisotopic (exact) mass is 484 g/mol. The number of aliphatic imine (C=N–C) groups is 1. The largest absolute Gasteiger partial charge is 0.357 e. The van der Waals surface area contributed by atoms with E-state index in [1.54, 1.807) is 19.1 Å². The second-order valence-electron chi connectivity index (χ2n) is 6.69. The Labute approximate surface area is 179 Å². The van der Waals surface area contributed by atoms with Crippen molar-refractivity contribution < 1.29 is 4.39 Å². The molecule has 0 aliphatic carbocycles. The van der Waals surface area contributed by atoms with Gasteiger partial charge in [-0.25, -0.2) is 9.38 Å². The zero-order valence-electron chi connectivity index (χ0n) is 16.6. The minimum absolute atomic E-state index is 0. The average Bonchev–Trinajstić information content (AvgIpc) is 2.60. The summed E-state index contributed by atoms with van der Waals surface area (Å²) in [4.78, 5) is 6.79. The highest BCUT2D eigenvalue weighted by molar-refractivity contribution is 14.0. The zero-order chi connectivity index (χ0) is 18.9. The molecule has 4 nitrogen and oxygen atoms in total. The third kappa shape index (κ3) is 8.26. The van der Waals surface area contributed by atoms with Gasteiger partial charge in [-0.3, -0.25) is 0 Å². The van der Waals surface area contributed by atoms with Gasteiger partial charge in [-0.05, 0) is 56.3 Å². The molecule has 0 aromatic heterocycles. The fourth-order valence-corrected chi connectivity index (χ4v) is 2.64. The van der Waals surface area contributed by atoms with Gasteiger partial charge >= 0.3 is 0 Å². The highest BCUT2D eigenvalue weighted by Gasteiger charge is 2.03. The van der Waals surface area contributed by atoms with E-state index in [1.807, 2.05) is 13.0 Å². The Morgan fingerprint density at radius 1 is 1.04 bits per heavy atom. The van der Waals surface area contributed by atoms with Crippen LogP contribution in [0.25, 0.3) is 0 Å². The minimum atomic E-state index is -0.177. The molecule has 0 fully saturated rings. The number of nitrogens with zero attached hydrogens (tertiary/aromatic N) is 2. The van der Waals surface area contributed by atoms with E-state index in [-0.39, 0.29) is 29.8 Å². The molecule has 0 radical (unpaired) electrons. The van der Waals surface area contributed by atoms with Crippen molar-refractivity contribution >= 4 is 29.9 Å². The van der Waals surface area contributed by atoms with E-state index < -0.39 is 0 Å². The summed E-state index contributed by atoms with van der Waals surface area (Å²) >= 11 is 0. The van der Waals surface area contributed by atoms with Gasteiger partial charge < -0.3 is 15.5 Å². The number of hydrogen-bond donors (Lipinski definition) is 2. The molecule has 2 aromatic rings. The first-order chi connectivity index (χ1) is 12.5. The molecule has 0 saturated carbocycles. The van der Waals surface area contributed by atoms with Crippen LogP contribution in [-0.2, 0) is 19.6 Å². The van der Waals surface area contributed by atoms with Crippen LogP contribution in [0, 0.1) is 12.7 Å². The lowest BCUT2D eigenvalue weighted by molar-refractivity contribution is 0.402. The predicted molar refractivity (Wildman–Crippen MR) is 122 cm³/mol. The molecule has 2 aromatic carbocycles. The van der Waals surface area contributed by atoms with Gasteiger partial charge in [0.05, 0.1) is 6.54 Å². The summed E-state index contributed by atoms with van der Waals surface area (Å²) in [6, 6.07) is 13.8. The number of rotatable bonds is 7. The van der Waals surface area contributed by atoms with E-state index in [1.165, 1.54) is 11.1 Å². The molecular weight excluding hydrogens is 454 g/mol. The molecule has 0 bridgehead atoms. The van der Waals surface area contributed by atoms with E-state index in [2.05, 4.69) is 58.9 Å². The Bertz CT molecular complexity index is 747. The molecule has 2 N–H and O–H groups in total. The van der Waals surface area contributed by atoms with Crippen LogP contribution in [-0.4, -0.2) is 31.5 Å². The molecule has 0 atom stereocenters. The third-order valence-electron chi connectivity index (χ3n) is 3.95. The Kier molecular flexibility index (Phi) is 10.3. The molecule has 0 heterocycles. The maximum atomic E-state index is 13.7. The van der Waals surface area contributed by atoms with Crippen molar-refractivity contribution in [1.29, 1.82) is 0 Å². The third-order valence-corrected chi connectivity index (χ3v) is 3.95. The molecule has 0 unspecified atom stereocenters. The minimum Gasteiger partial charge on any atom is -0.357 e. The van der Waals surface area contributed by atoms with Crippen LogP contribution in [0.3, 0.4) is 0 Å². The number of hydrogen-bond acceptors (Lipinski definition) is 2. The van der Waals surface area contributed by atoms with Crippen LogP contribution in [0.15, 0.2) is 47.5 Å². The van der Waals surface area contributed by atoms with Crippen LogP contribution >= 0.6 is 24.0 Å². The van der Waals surface area contributed by atoms with Crippen LogP contribution in [0.4, 0.5) is 4.39 Å². The molecule has 0 amide bonds. The van der Waals surface area contributed by atoms with Crippen LogP contribution in [0.5, 0.6) is 0 Å². The van der Waals surface area contributed by atoms with Gasteiger partial charge in [0.1, 0.15) is 5.82 Å². The number of aryl methyl sites for hydroxylation is 1. The lowest BCUT2D eigenvalue weighted by Crippen LogP contribution is -2.36. The van der Waals surface area contributed by atoms with Crippen molar-refractivity contribution in [2.75, 3.05) is 20.6 Å². The summed E-state index contributed by atoms with van der Waals surface area (Å²) in [6.45, 7) is 6.61. The topological polar surface area (TPSA) is 39.7 Å². The first-order valence-corrected chi connectivity index (χ1v) is 8.97. The summed E-state index contributed by atoms with van der Waals surface area (Å²) in [5.41, 5.74) is 4.00. The predicted octanol–water partition coefficient (Wildman–Crippen LogP) is 4.07. The summed E-state index contributed by atoms with van der Waals surface area (Å²) in [5, 5.41) is 6.50. The van der Waals surface area contributed by atoms with Gasteiger partial charge in [0, 0.05) is 19.6 Å². The fraction of sp³-hybridized carbons (Fsp3) is 0.381. The number of halogens is 2. The SMILES string of the molecule is CCNC(=NCc1cccc(CN(C)C)c1)NCc1ccc(C)c(F)c1.I. The average molecular weight is 484 g/mol. The Hall–Kier alpha value is -1.67. The van der Waals surface area contributed by atoms with Crippen molar-refractivity contribution in [1.82, 2.24) is 15.5 Å². The summed E-state index contributed by atoms with van der Waals surface area (Å²) in [6.07, 6.45) is 0. The van der Waals surface area contributed by atoms with Gasteiger partial charge in [0.25, 0.3) is 0 Å². The van der Waals surface area contributed by atoms with E-state index in [9.17, 15) is 4.39 Å². The van der Waals surface area contributed by atoms with Gasteiger partial charge in [0.15, 0.2) is 5.96 Å².